The van der Waals surface area contributed by atoms with E-state index in [2.05, 4.69) is 0 Å². The molecule has 1 N–H and O–H groups in total. The zero-order chi connectivity index (χ0) is 13.3. The first-order valence-corrected chi connectivity index (χ1v) is 5.55. The van der Waals surface area contributed by atoms with E-state index in [0.717, 1.165) is 12.8 Å². The molecule has 1 aliphatic rings. The number of non-ortho nitro benzene ring substituents is 1. The summed E-state index contributed by atoms with van der Waals surface area (Å²) in [4.78, 5) is 11.1. The highest BCUT2D eigenvalue weighted by Crippen LogP contribution is 2.36. The fourth-order valence-electron chi connectivity index (χ4n) is 1.90. The van der Waals surface area contributed by atoms with Crippen LogP contribution in [0.2, 0.25) is 0 Å². The number of nitro groups is 1. The lowest BCUT2D eigenvalue weighted by Crippen LogP contribution is -2.30. The Morgan fingerprint density at radius 3 is 2.33 bits per heavy atom. The fourth-order valence-corrected chi connectivity index (χ4v) is 1.90. The SMILES string of the molecule is O=[N+]([O-])c1cc(F)c(N(CCO)C2CC2)c(F)c1. The molecule has 0 heterocycles. The van der Waals surface area contributed by atoms with E-state index in [-0.39, 0.29) is 24.9 Å². The topological polar surface area (TPSA) is 66.6 Å². The van der Waals surface area contributed by atoms with Crippen molar-refractivity contribution >= 4 is 11.4 Å². The molecule has 0 amide bonds. The molecule has 0 spiro atoms. The lowest BCUT2D eigenvalue weighted by atomic mass is 10.2. The second kappa shape index (κ2) is 4.85. The molecule has 0 aliphatic heterocycles. The van der Waals surface area contributed by atoms with Crippen LogP contribution >= 0.6 is 0 Å². The zero-order valence-corrected chi connectivity index (χ0v) is 9.47. The first-order chi connectivity index (χ1) is 8.54. The summed E-state index contributed by atoms with van der Waals surface area (Å²) in [6, 6.07) is 1.40. The summed E-state index contributed by atoms with van der Waals surface area (Å²) in [5, 5.41) is 19.4. The molecule has 18 heavy (non-hydrogen) atoms. The van der Waals surface area contributed by atoms with Crippen molar-refractivity contribution < 1.29 is 18.8 Å². The first kappa shape index (κ1) is 12.7. The molecule has 0 aromatic heterocycles. The molecule has 0 bridgehead atoms. The zero-order valence-electron chi connectivity index (χ0n) is 9.47. The Morgan fingerprint density at radius 1 is 1.39 bits per heavy atom. The first-order valence-electron chi connectivity index (χ1n) is 5.55. The minimum Gasteiger partial charge on any atom is -0.395 e. The minimum atomic E-state index is -0.970. The molecule has 0 saturated heterocycles. The van der Waals surface area contributed by atoms with Crippen molar-refractivity contribution in [2.75, 3.05) is 18.1 Å². The van der Waals surface area contributed by atoms with Gasteiger partial charge in [0, 0.05) is 12.6 Å². The summed E-state index contributed by atoms with van der Waals surface area (Å²) < 4.78 is 27.5. The summed E-state index contributed by atoms with van der Waals surface area (Å²) in [6.07, 6.45) is 1.60. The number of benzene rings is 1. The van der Waals surface area contributed by atoms with Crippen LogP contribution in [0.15, 0.2) is 12.1 Å². The van der Waals surface area contributed by atoms with Gasteiger partial charge >= 0.3 is 0 Å². The minimum absolute atomic E-state index is 0.00241. The number of hydrogen-bond acceptors (Lipinski definition) is 4. The van der Waals surface area contributed by atoms with Gasteiger partial charge in [0.2, 0.25) is 0 Å². The molecule has 1 saturated carbocycles. The van der Waals surface area contributed by atoms with Crippen LogP contribution in [-0.4, -0.2) is 29.2 Å². The second-order valence-electron chi connectivity index (χ2n) is 4.16. The average molecular weight is 258 g/mol. The van der Waals surface area contributed by atoms with Gasteiger partial charge in [-0.05, 0) is 12.8 Å². The van der Waals surface area contributed by atoms with Crippen molar-refractivity contribution in [2.24, 2.45) is 0 Å². The molecule has 5 nitrogen and oxygen atoms in total. The Hall–Kier alpha value is -1.76. The number of rotatable bonds is 5. The van der Waals surface area contributed by atoms with Crippen LogP contribution in [0, 0.1) is 21.7 Å². The van der Waals surface area contributed by atoms with E-state index in [1.165, 1.54) is 4.90 Å². The third-order valence-electron chi connectivity index (χ3n) is 2.83. The highest BCUT2D eigenvalue weighted by Gasteiger charge is 2.33. The highest BCUT2D eigenvalue weighted by atomic mass is 19.1. The number of aliphatic hydroxyl groups excluding tert-OH is 1. The summed E-state index contributed by atoms with van der Waals surface area (Å²) >= 11 is 0. The number of halogens is 2. The maximum atomic E-state index is 13.8. The van der Waals surface area contributed by atoms with Crippen LogP contribution in [0.5, 0.6) is 0 Å². The molecule has 1 aromatic carbocycles. The standard InChI is InChI=1S/C11H12F2N2O3/c12-9-5-8(15(17)18)6-10(13)11(9)14(3-4-16)7-1-2-7/h5-7,16H,1-4H2. The molecule has 2 rings (SSSR count). The van der Waals surface area contributed by atoms with Crippen LogP contribution in [-0.2, 0) is 0 Å². The van der Waals surface area contributed by atoms with Gasteiger partial charge in [-0.15, -0.1) is 0 Å². The Bertz CT molecular complexity index is 454. The van der Waals surface area contributed by atoms with E-state index in [9.17, 15) is 18.9 Å². The van der Waals surface area contributed by atoms with E-state index >= 15 is 0 Å². The molecule has 98 valence electrons. The number of aliphatic hydroxyl groups is 1. The molecule has 0 unspecified atom stereocenters. The van der Waals surface area contributed by atoms with Crippen molar-refractivity contribution in [3.8, 4) is 0 Å². The number of hydrogen-bond donors (Lipinski definition) is 1. The Morgan fingerprint density at radius 2 is 1.94 bits per heavy atom. The van der Waals surface area contributed by atoms with E-state index in [4.69, 9.17) is 5.11 Å². The summed E-state index contributed by atoms with van der Waals surface area (Å²) in [5.74, 6) is -1.94. The second-order valence-corrected chi connectivity index (χ2v) is 4.16. The van der Waals surface area contributed by atoms with Gasteiger partial charge in [0.1, 0.15) is 5.69 Å². The van der Waals surface area contributed by atoms with Crippen LogP contribution in [0.4, 0.5) is 20.2 Å². The quantitative estimate of drug-likeness (QED) is 0.646. The van der Waals surface area contributed by atoms with Crippen LogP contribution in [0.3, 0.4) is 0 Å². The van der Waals surface area contributed by atoms with Crippen LogP contribution in [0.1, 0.15) is 12.8 Å². The number of anilines is 1. The van der Waals surface area contributed by atoms with Gasteiger partial charge in [0.25, 0.3) is 5.69 Å². The molecule has 1 fully saturated rings. The van der Waals surface area contributed by atoms with Crippen molar-refractivity contribution in [3.63, 3.8) is 0 Å². The summed E-state index contributed by atoms with van der Waals surface area (Å²) in [6.45, 7) is -0.122. The van der Waals surface area contributed by atoms with Crippen molar-refractivity contribution in [3.05, 3.63) is 33.9 Å². The lowest BCUT2D eigenvalue weighted by Gasteiger charge is -2.24. The normalized spacial score (nSPS) is 14.6. The van der Waals surface area contributed by atoms with Gasteiger partial charge in [-0.1, -0.05) is 0 Å². The predicted octanol–water partition coefficient (Wildman–Crippen LogP) is 1.83. The molecular formula is C11H12F2N2O3. The van der Waals surface area contributed by atoms with Gasteiger partial charge < -0.3 is 10.0 Å². The molecule has 1 aliphatic carbocycles. The predicted molar refractivity (Wildman–Crippen MR) is 60.5 cm³/mol. The fraction of sp³-hybridized carbons (Fsp3) is 0.455. The molecule has 0 atom stereocenters. The van der Waals surface area contributed by atoms with E-state index in [0.29, 0.717) is 12.1 Å². The Labute approximate surface area is 102 Å². The number of nitrogens with zero attached hydrogens (tertiary/aromatic N) is 2. The number of nitro benzene ring substituents is 1. The molecule has 1 aromatic rings. The summed E-state index contributed by atoms with van der Waals surface area (Å²) in [7, 11) is 0. The maximum absolute atomic E-state index is 13.8. The van der Waals surface area contributed by atoms with E-state index in [1.807, 2.05) is 0 Å². The molecule has 7 heteroatoms. The largest absolute Gasteiger partial charge is 0.395 e. The van der Waals surface area contributed by atoms with Crippen molar-refractivity contribution in [1.82, 2.24) is 0 Å². The van der Waals surface area contributed by atoms with Gasteiger partial charge in [-0.25, -0.2) is 8.78 Å². The molecular weight excluding hydrogens is 246 g/mol. The monoisotopic (exact) mass is 258 g/mol. The highest BCUT2D eigenvalue weighted by molar-refractivity contribution is 5.55. The van der Waals surface area contributed by atoms with Gasteiger partial charge in [0.05, 0.1) is 23.7 Å². The van der Waals surface area contributed by atoms with Crippen LogP contribution in [0.25, 0.3) is 0 Å². The smallest absolute Gasteiger partial charge is 0.275 e. The van der Waals surface area contributed by atoms with Crippen LogP contribution < -0.4 is 4.90 Å². The van der Waals surface area contributed by atoms with E-state index < -0.39 is 22.2 Å². The van der Waals surface area contributed by atoms with Gasteiger partial charge in [-0.3, -0.25) is 10.1 Å². The summed E-state index contributed by atoms with van der Waals surface area (Å²) in [5.41, 5.74) is -0.911. The maximum Gasteiger partial charge on any atom is 0.275 e. The van der Waals surface area contributed by atoms with Crippen molar-refractivity contribution in [1.29, 1.82) is 0 Å². The Balaban J connectivity index is 2.39. The third kappa shape index (κ3) is 2.40. The molecule has 0 radical (unpaired) electrons. The van der Waals surface area contributed by atoms with Gasteiger partial charge in [-0.2, -0.15) is 0 Å². The average Bonchev–Trinajstić information content (AvgIpc) is 3.10. The van der Waals surface area contributed by atoms with E-state index in [1.54, 1.807) is 0 Å². The van der Waals surface area contributed by atoms with Gasteiger partial charge in [0.15, 0.2) is 11.6 Å². The van der Waals surface area contributed by atoms with Crippen molar-refractivity contribution in [2.45, 2.75) is 18.9 Å². The third-order valence-corrected chi connectivity index (χ3v) is 2.83. The lowest BCUT2D eigenvalue weighted by molar-refractivity contribution is -0.385. The Kier molecular flexibility index (Phi) is 3.42.